The number of fused-ring (bicyclic) bond motifs is 1. The number of nitrogens with zero attached hydrogens (tertiary/aromatic N) is 2. The number of rotatable bonds is 2. The van der Waals surface area contributed by atoms with E-state index in [4.69, 9.17) is 11.6 Å². The molecule has 0 saturated heterocycles. The van der Waals surface area contributed by atoms with Crippen molar-refractivity contribution in [2.45, 2.75) is 0 Å². The van der Waals surface area contributed by atoms with Crippen molar-refractivity contribution in [1.29, 1.82) is 0 Å². The molecule has 19 heavy (non-hydrogen) atoms. The lowest BCUT2D eigenvalue weighted by Crippen LogP contribution is -2.12. The number of halogens is 1. The van der Waals surface area contributed by atoms with Crippen LogP contribution in [0.25, 0.3) is 10.2 Å². The highest BCUT2D eigenvalue weighted by Crippen LogP contribution is 2.23. The van der Waals surface area contributed by atoms with E-state index in [0.29, 0.717) is 10.6 Å². The summed E-state index contributed by atoms with van der Waals surface area (Å²) in [6, 6.07) is 7.16. The molecule has 0 fully saturated rings. The topological polar surface area (TPSA) is 54.9 Å². The van der Waals surface area contributed by atoms with E-state index in [1.165, 1.54) is 23.7 Å². The molecule has 0 aliphatic rings. The van der Waals surface area contributed by atoms with Gasteiger partial charge in [-0.1, -0.05) is 11.6 Å². The number of hydrogen-bond donors (Lipinski definition) is 1. The quantitative estimate of drug-likeness (QED) is 0.784. The minimum Gasteiger partial charge on any atom is -0.322 e. The first-order chi connectivity index (χ1) is 9.24. The standard InChI is InChI=1S/C13H8ClN3OS/c14-10-6-15-4-3-9(10)13(18)17-8-1-2-11-12(5-8)19-7-16-11/h1-7H,(H,17,18). The Balaban J connectivity index is 1.88. The highest BCUT2D eigenvalue weighted by molar-refractivity contribution is 7.16. The third-order valence-electron chi connectivity index (χ3n) is 2.61. The molecule has 0 atom stereocenters. The van der Waals surface area contributed by atoms with Crippen molar-refractivity contribution < 1.29 is 4.79 Å². The summed E-state index contributed by atoms with van der Waals surface area (Å²) in [5, 5.41) is 3.14. The van der Waals surface area contributed by atoms with Gasteiger partial charge >= 0.3 is 0 Å². The van der Waals surface area contributed by atoms with Gasteiger partial charge in [0.15, 0.2) is 0 Å². The van der Waals surface area contributed by atoms with Crippen LogP contribution in [0.3, 0.4) is 0 Å². The lowest BCUT2D eigenvalue weighted by Gasteiger charge is -2.06. The van der Waals surface area contributed by atoms with Gasteiger partial charge in [0.05, 0.1) is 26.3 Å². The molecule has 3 aromatic rings. The number of hydrogen-bond acceptors (Lipinski definition) is 4. The van der Waals surface area contributed by atoms with Crippen LogP contribution in [0.1, 0.15) is 10.4 Å². The SMILES string of the molecule is O=C(Nc1ccc2ncsc2c1)c1ccncc1Cl. The highest BCUT2D eigenvalue weighted by Gasteiger charge is 2.10. The maximum atomic E-state index is 12.1. The van der Waals surface area contributed by atoms with Crippen LogP contribution in [0, 0.1) is 0 Å². The molecule has 1 amide bonds. The van der Waals surface area contributed by atoms with Gasteiger partial charge in [0, 0.05) is 18.1 Å². The number of amides is 1. The van der Waals surface area contributed by atoms with E-state index < -0.39 is 0 Å². The number of aromatic nitrogens is 2. The summed E-state index contributed by atoms with van der Waals surface area (Å²) >= 11 is 7.46. The Morgan fingerprint density at radius 2 is 2.21 bits per heavy atom. The number of anilines is 1. The average molecular weight is 290 g/mol. The minimum absolute atomic E-state index is 0.253. The molecule has 4 nitrogen and oxygen atoms in total. The van der Waals surface area contributed by atoms with E-state index in [0.717, 1.165) is 15.9 Å². The van der Waals surface area contributed by atoms with Crippen LogP contribution in [0.4, 0.5) is 5.69 Å². The van der Waals surface area contributed by atoms with Crippen molar-refractivity contribution in [3.63, 3.8) is 0 Å². The molecule has 3 rings (SSSR count). The predicted molar refractivity (Wildman–Crippen MR) is 76.8 cm³/mol. The van der Waals surface area contributed by atoms with Gasteiger partial charge in [0.1, 0.15) is 0 Å². The van der Waals surface area contributed by atoms with Crippen LogP contribution in [0.15, 0.2) is 42.2 Å². The lowest BCUT2D eigenvalue weighted by atomic mass is 10.2. The zero-order valence-electron chi connectivity index (χ0n) is 9.63. The number of thiazole rings is 1. The third-order valence-corrected chi connectivity index (χ3v) is 3.70. The molecule has 6 heteroatoms. The molecule has 0 unspecified atom stereocenters. The fourth-order valence-corrected chi connectivity index (χ4v) is 2.61. The predicted octanol–water partition coefficient (Wildman–Crippen LogP) is 3.60. The smallest absolute Gasteiger partial charge is 0.257 e. The summed E-state index contributed by atoms with van der Waals surface area (Å²) in [6.45, 7) is 0. The number of carbonyl (C=O) groups is 1. The van der Waals surface area contributed by atoms with Crippen LogP contribution in [-0.2, 0) is 0 Å². The van der Waals surface area contributed by atoms with Gasteiger partial charge in [0.25, 0.3) is 5.91 Å². The molecule has 1 N–H and O–H groups in total. The van der Waals surface area contributed by atoms with Crippen LogP contribution >= 0.6 is 22.9 Å². The highest BCUT2D eigenvalue weighted by atomic mass is 35.5. The fourth-order valence-electron chi connectivity index (χ4n) is 1.69. The lowest BCUT2D eigenvalue weighted by molar-refractivity contribution is 0.102. The van der Waals surface area contributed by atoms with Crippen molar-refractivity contribution in [2.75, 3.05) is 5.32 Å². The second-order valence-electron chi connectivity index (χ2n) is 3.84. The molecule has 94 valence electrons. The van der Waals surface area contributed by atoms with Crippen LogP contribution < -0.4 is 5.32 Å². The van der Waals surface area contributed by atoms with Gasteiger partial charge in [-0.05, 0) is 24.3 Å². The molecule has 0 spiro atoms. The molecule has 1 aromatic carbocycles. The first-order valence-corrected chi connectivity index (χ1v) is 6.74. The van der Waals surface area contributed by atoms with Crippen molar-refractivity contribution in [1.82, 2.24) is 9.97 Å². The Bertz CT molecular complexity index is 756. The van der Waals surface area contributed by atoms with Crippen molar-refractivity contribution in [3.8, 4) is 0 Å². The van der Waals surface area contributed by atoms with Gasteiger partial charge in [-0.3, -0.25) is 9.78 Å². The Labute approximate surface area is 118 Å². The second-order valence-corrected chi connectivity index (χ2v) is 5.14. The number of benzene rings is 1. The molecular weight excluding hydrogens is 282 g/mol. The number of pyridine rings is 1. The first kappa shape index (κ1) is 12.1. The van der Waals surface area contributed by atoms with Crippen LogP contribution in [0.2, 0.25) is 5.02 Å². The summed E-state index contributed by atoms with van der Waals surface area (Å²) in [4.78, 5) is 20.1. The zero-order valence-corrected chi connectivity index (χ0v) is 11.2. The maximum Gasteiger partial charge on any atom is 0.257 e. The molecule has 0 aliphatic carbocycles. The van der Waals surface area contributed by atoms with E-state index in [9.17, 15) is 4.79 Å². The largest absolute Gasteiger partial charge is 0.322 e. The fraction of sp³-hybridized carbons (Fsp3) is 0. The maximum absolute atomic E-state index is 12.1. The molecule has 2 heterocycles. The zero-order chi connectivity index (χ0) is 13.2. The monoisotopic (exact) mass is 289 g/mol. The second kappa shape index (κ2) is 4.95. The van der Waals surface area contributed by atoms with E-state index in [1.807, 2.05) is 18.2 Å². The van der Waals surface area contributed by atoms with Gasteiger partial charge in [0.2, 0.25) is 0 Å². The number of carbonyl (C=O) groups excluding carboxylic acids is 1. The number of nitrogens with one attached hydrogen (secondary N) is 1. The Morgan fingerprint density at radius 3 is 3.05 bits per heavy atom. The van der Waals surface area contributed by atoms with E-state index >= 15 is 0 Å². The van der Waals surface area contributed by atoms with Crippen molar-refractivity contribution in [3.05, 3.63) is 52.8 Å². The normalized spacial score (nSPS) is 10.6. The third kappa shape index (κ3) is 2.43. The average Bonchev–Trinajstić information content (AvgIpc) is 2.86. The summed E-state index contributed by atoms with van der Waals surface area (Å²) < 4.78 is 1.03. The molecule has 0 saturated carbocycles. The molecular formula is C13H8ClN3OS. The van der Waals surface area contributed by atoms with E-state index in [2.05, 4.69) is 15.3 Å². The van der Waals surface area contributed by atoms with E-state index in [1.54, 1.807) is 11.6 Å². The van der Waals surface area contributed by atoms with Crippen LogP contribution in [-0.4, -0.2) is 15.9 Å². The summed E-state index contributed by atoms with van der Waals surface area (Å²) in [5.41, 5.74) is 3.82. The summed E-state index contributed by atoms with van der Waals surface area (Å²) in [5.74, 6) is -0.253. The van der Waals surface area contributed by atoms with Gasteiger partial charge in [-0.25, -0.2) is 4.98 Å². The Hall–Kier alpha value is -1.98. The van der Waals surface area contributed by atoms with Crippen molar-refractivity contribution in [2.24, 2.45) is 0 Å². The van der Waals surface area contributed by atoms with E-state index in [-0.39, 0.29) is 5.91 Å². The molecule has 2 aromatic heterocycles. The summed E-state index contributed by atoms with van der Waals surface area (Å²) in [6.07, 6.45) is 2.98. The van der Waals surface area contributed by atoms with Gasteiger partial charge in [-0.15, -0.1) is 11.3 Å². The Morgan fingerprint density at radius 1 is 1.32 bits per heavy atom. The first-order valence-electron chi connectivity index (χ1n) is 5.48. The molecule has 0 bridgehead atoms. The van der Waals surface area contributed by atoms with Crippen molar-refractivity contribution >= 4 is 44.7 Å². The summed E-state index contributed by atoms with van der Waals surface area (Å²) in [7, 11) is 0. The van der Waals surface area contributed by atoms with Crippen LogP contribution in [0.5, 0.6) is 0 Å². The van der Waals surface area contributed by atoms with Gasteiger partial charge < -0.3 is 5.32 Å². The van der Waals surface area contributed by atoms with Gasteiger partial charge in [-0.2, -0.15) is 0 Å². The minimum atomic E-state index is -0.253. The molecule has 0 radical (unpaired) electrons. The Kier molecular flexibility index (Phi) is 3.15. The molecule has 0 aliphatic heterocycles.